The largest absolute Gasteiger partial charge is 0.385 e. The maximum atomic E-state index is 11.2. The number of allylic oxidation sites excluding steroid dienone is 1. The molecule has 0 aromatic heterocycles. The molecule has 0 saturated heterocycles. The molecule has 1 nitrogen and oxygen atoms in total. The Hall–Kier alpha value is -1.90. The maximum Gasteiger partial charge on any atom is 0.149 e. The molecule has 0 bridgehead atoms. The van der Waals surface area contributed by atoms with E-state index in [-0.39, 0.29) is 5.04 Å². The number of rotatable bonds is 5. The molecule has 0 heterocycles. The van der Waals surface area contributed by atoms with Gasteiger partial charge in [-0.15, -0.1) is 6.58 Å². The minimum atomic E-state index is -2.37. The summed E-state index contributed by atoms with van der Waals surface area (Å²) in [7, 11) is -2.37. The standard InChI is InChI=1S/C25H32OSi/c1-21(20-25(26)18-12-7-13-19-25)27(24(2,3)4,22-14-8-5-9-15-22)23-16-10-6-11-17-23/h5-6,8-12,14-18,26H,1,7,13,19-20H2,2-4H3. The zero-order valence-electron chi connectivity index (χ0n) is 16.9. The second kappa shape index (κ2) is 7.61. The maximum absolute atomic E-state index is 11.2. The van der Waals surface area contributed by atoms with Gasteiger partial charge in [0.2, 0.25) is 0 Å². The molecule has 1 N–H and O–H groups in total. The Morgan fingerprint density at radius 2 is 1.52 bits per heavy atom. The van der Waals surface area contributed by atoms with Crippen LogP contribution in [0.5, 0.6) is 0 Å². The second-order valence-electron chi connectivity index (χ2n) is 8.91. The highest BCUT2D eigenvalue weighted by molar-refractivity contribution is 7.09. The van der Waals surface area contributed by atoms with Crippen molar-refractivity contribution in [1.29, 1.82) is 0 Å². The van der Waals surface area contributed by atoms with Gasteiger partial charge >= 0.3 is 0 Å². The molecule has 1 aliphatic rings. The van der Waals surface area contributed by atoms with Crippen LogP contribution in [0, 0.1) is 0 Å². The van der Waals surface area contributed by atoms with Crippen molar-refractivity contribution in [2.75, 3.05) is 0 Å². The molecule has 0 aliphatic heterocycles. The molecule has 2 heteroatoms. The van der Waals surface area contributed by atoms with Crippen molar-refractivity contribution in [2.45, 2.75) is 57.1 Å². The molecule has 0 radical (unpaired) electrons. The first kappa shape index (κ1) is 19.8. The molecule has 27 heavy (non-hydrogen) atoms. The van der Waals surface area contributed by atoms with Crippen molar-refractivity contribution >= 4 is 18.4 Å². The molecule has 1 aliphatic carbocycles. The van der Waals surface area contributed by atoms with E-state index in [9.17, 15) is 5.11 Å². The van der Waals surface area contributed by atoms with Crippen molar-refractivity contribution in [3.8, 4) is 0 Å². The monoisotopic (exact) mass is 376 g/mol. The summed E-state index contributed by atoms with van der Waals surface area (Å²) in [4.78, 5) is 0. The van der Waals surface area contributed by atoms with Gasteiger partial charge < -0.3 is 5.11 Å². The summed E-state index contributed by atoms with van der Waals surface area (Å²) in [6, 6.07) is 21.7. The van der Waals surface area contributed by atoms with Crippen LogP contribution in [-0.4, -0.2) is 18.8 Å². The fourth-order valence-electron chi connectivity index (χ4n) is 4.91. The zero-order valence-corrected chi connectivity index (χ0v) is 17.9. The highest BCUT2D eigenvalue weighted by atomic mass is 28.3. The van der Waals surface area contributed by atoms with Gasteiger partial charge in [0.1, 0.15) is 8.07 Å². The molecular weight excluding hydrogens is 344 g/mol. The Kier molecular flexibility index (Phi) is 5.59. The number of aliphatic hydroxyl groups is 1. The minimum Gasteiger partial charge on any atom is -0.385 e. The van der Waals surface area contributed by atoms with E-state index in [0.29, 0.717) is 6.42 Å². The smallest absolute Gasteiger partial charge is 0.149 e. The molecule has 2 aromatic rings. The molecule has 1 atom stereocenters. The van der Waals surface area contributed by atoms with E-state index >= 15 is 0 Å². The van der Waals surface area contributed by atoms with E-state index in [1.165, 1.54) is 15.6 Å². The lowest BCUT2D eigenvalue weighted by Crippen LogP contribution is -2.66. The summed E-state index contributed by atoms with van der Waals surface area (Å²) >= 11 is 0. The average molecular weight is 377 g/mol. The average Bonchev–Trinajstić information content (AvgIpc) is 2.63. The number of benzene rings is 2. The van der Waals surface area contributed by atoms with Gasteiger partial charge in [-0.3, -0.25) is 0 Å². The fraction of sp³-hybridized carbons (Fsp3) is 0.360. The predicted octanol–water partition coefficient (Wildman–Crippen LogP) is 5.01. The van der Waals surface area contributed by atoms with Crippen molar-refractivity contribution in [3.63, 3.8) is 0 Å². The van der Waals surface area contributed by atoms with Crippen LogP contribution in [0.4, 0.5) is 0 Å². The van der Waals surface area contributed by atoms with E-state index in [4.69, 9.17) is 0 Å². The lowest BCUT2D eigenvalue weighted by Gasteiger charge is -2.47. The first-order chi connectivity index (χ1) is 12.8. The normalized spacial score (nSPS) is 20.4. The number of hydrogen-bond donors (Lipinski definition) is 1. The van der Waals surface area contributed by atoms with Crippen molar-refractivity contribution in [1.82, 2.24) is 0 Å². The van der Waals surface area contributed by atoms with Gasteiger partial charge in [0.05, 0.1) is 5.60 Å². The van der Waals surface area contributed by atoms with Gasteiger partial charge in [0, 0.05) is 0 Å². The number of hydrogen-bond acceptors (Lipinski definition) is 1. The first-order valence-corrected chi connectivity index (χ1v) is 12.0. The van der Waals surface area contributed by atoms with Gasteiger partial charge in [0.25, 0.3) is 0 Å². The van der Waals surface area contributed by atoms with Crippen LogP contribution in [0.25, 0.3) is 0 Å². The third-order valence-corrected chi connectivity index (χ3v) is 11.9. The summed E-state index contributed by atoms with van der Waals surface area (Å²) in [5.41, 5.74) is -0.762. The Morgan fingerprint density at radius 1 is 1.00 bits per heavy atom. The van der Waals surface area contributed by atoms with Gasteiger partial charge in [0.15, 0.2) is 0 Å². The van der Waals surface area contributed by atoms with Gasteiger partial charge in [-0.1, -0.05) is 98.8 Å². The van der Waals surface area contributed by atoms with Crippen LogP contribution in [-0.2, 0) is 0 Å². The van der Waals surface area contributed by atoms with Gasteiger partial charge in [-0.05, 0) is 41.1 Å². The highest BCUT2D eigenvalue weighted by Crippen LogP contribution is 2.43. The fourth-order valence-corrected chi connectivity index (χ4v) is 10.8. The molecule has 142 valence electrons. The van der Waals surface area contributed by atoms with Crippen LogP contribution >= 0.6 is 0 Å². The topological polar surface area (TPSA) is 20.2 Å². The first-order valence-electron chi connectivity index (χ1n) is 9.99. The molecule has 0 saturated carbocycles. The third kappa shape index (κ3) is 3.74. The van der Waals surface area contributed by atoms with Gasteiger partial charge in [-0.2, -0.15) is 0 Å². The third-order valence-electron chi connectivity index (χ3n) is 6.00. The minimum absolute atomic E-state index is 0.0293. The van der Waals surface area contributed by atoms with E-state index in [0.717, 1.165) is 19.3 Å². The summed E-state index contributed by atoms with van der Waals surface area (Å²) in [5, 5.41) is 15.2. The Labute approximate surface area is 165 Å². The molecule has 0 fully saturated rings. The van der Waals surface area contributed by atoms with Crippen LogP contribution < -0.4 is 10.4 Å². The molecule has 2 aromatic carbocycles. The molecule has 0 spiro atoms. The van der Waals surface area contributed by atoms with Crippen LogP contribution in [0.15, 0.2) is 84.6 Å². The molecule has 0 amide bonds. The summed E-state index contributed by atoms with van der Waals surface area (Å²) in [5.74, 6) is 0. The molecule has 3 rings (SSSR count). The van der Waals surface area contributed by atoms with Crippen LogP contribution in [0.2, 0.25) is 5.04 Å². The highest BCUT2D eigenvalue weighted by Gasteiger charge is 2.50. The predicted molar refractivity (Wildman–Crippen MR) is 119 cm³/mol. The summed E-state index contributed by atoms with van der Waals surface area (Å²) in [6.45, 7) is 11.7. The van der Waals surface area contributed by atoms with Crippen molar-refractivity contribution < 1.29 is 5.11 Å². The summed E-state index contributed by atoms with van der Waals surface area (Å²) < 4.78 is 0. The summed E-state index contributed by atoms with van der Waals surface area (Å²) in [6.07, 6.45) is 7.70. The van der Waals surface area contributed by atoms with Crippen molar-refractivity contribution in [2.24, 2.45) is 0 Å². The zero-order chi connectivity index (χ0) is 19.5. The van der Waals surface area contributed by atoms with E-state index in [2.05, 4.69) is 94.1 Å². The van der Waals surface area contributed by atoms with Gasteiger partial charge in [-0.25, -0.2) is 0 Å². The Morgan fingerprint density at radius 3 is 1.93 bits per heavy atom. The molecular formula is C25H32OSi. The van der Waals surface area contributed by atoms with E-state index in [1.807, 2.05) is 6.08 Å². The quantitative estimate of drug-likeness (QED) is 0.575. The Balaban J connectivity index is 2.19. The molecule has 1 unspecified atom stereocenters. The lowest BCUT2D eigenvalue weighted by atomic mass is 9.88. The Bertz CT molecular complexity index is 762. The van der Waals surface area contributed by atoms with Crippen LogP contribution in [0.3, 0.4) is 0 Å². The van der Waals surface area contributed by atoms with Crippen molar-refractivity contribution in [3.05, 3.63) is 84.6 Å². The lowest BCUT2D eigenvalue weighted by molar-refractivity contribution is 0.0766. The SMILES string of the molecule is C=C(CC1(O)C=CCCC1)[Si](c1ccccc1)(c1ccccc1)C(C)(C)C. The van der Waals surface area contributed by atoms with E-state index in [1.54, 1.807) is 0 Å². The van der Waals surface area contributed by atoms with E-state index < -0.39 is 13.7 Å². The van der Waals surface area contributed by atoms with Crippen LogP contribution in [0.1, 0.15) is 46.5 Å². The second-order valence-corrected chi connectivity index (χ2v) is 13.8.